The molecule has 10 nitrogen and oxygen atoms in total. The Bertz CT molecular complexity index is 1850. The number of nitrogen functional groups attached to an aromatic ring is 1. The van der Waals surface area contributed by atoms with Crippen LogP contribution in [0.25, 0.3) is 16.8 Å². The van der Waals surface area contributed by atoms with E-state index in [9.17, 15) is 27.6 Å². The average molecular weight is 594 g/mol. The molecule has 0 radical (unpaired) electrons. The zero-order valence-corrected chi connectivity index (χ0v) is 22.4. The predicted octanol–water partition coefficient (Wildman–Crippen LogP) is 4.22. The van der Waals surface area contributed by atoms with Gasteiger partial charge in [-0.15, -0.1) is 0 Å². The summed E-state index contributed by atoms with van der Waals surface area (Å²) in [7, 11) is 0. The summed E-state index contributed by atoms with van der Waals surface area (Å²) in [5, 5.41) is 2.26. The number of fused-ring (bicyclic) bond motifs is 2. The topological polar surface area (TPSA) is 136 Å². The Hall–Kier alpha value is -4.88. The number of nitrogens with zero attached hydrogens (tertiary/aromatic N) is 5. The summed E-state index contributed by atoms with van der Waals surface area (Å²) in [5.41, 5.74) is 4.76. The van der Waals surface area contributed by atoms with Gasteiger partial charge >= 0.3 is 6.18 Å². The molecule has 2 aliphatic heterocycles. The molecule has 3 aromatic heterocycles. The summed E-state index contributed by atoms with van der Waals surface area (Å²) in [6.07, 6.45) is 1.68. The second kappa shape index (κ2) is 9.31. The number of ketones is 1. The number of Topliss-reactive ketones (excluding diaryl/α,β-unsaturated/α-hetero) is 1. The van der Waals surface area contributed by atoms with Crippen LogP contribution in [0.15, 0.2) is 48.9 Å². The molecule has 2 saturated heterocycles. The molecule has 0 bridgehead atoms. The van der Waals surface area contributed by atoms with Crippen LogP contribution in [0.3, 0.4) is 0 Å². The van der Waals surface area contributed by atoms with E-state index in [1.165, 1.54) is 18.3 Å². The maximum Gasteiger partial charge on any atom is 0.416 e. The number of hydrogen-bond donors (Lipinski definition) is 2. The Morgan fingerprint density at radius 2 is 1.86 bits per heavy atom. The van der Waals surface area contributed by atoms with Crippen LogP contribution in [0.5, 0.6) is 0 Å². The number of benzene rings is 1. The van der Waals surface area contributed by atoms with Crippen molar-refractivity contribution < 1.29 is 31.9 Å². The summed E-state index contributed by atoms with van der Waals surface area (Å²) < 4.78 is 56.4. The molecule has 4 aromatic rings. The number of halogens is 4. The number of imidazole rings is 1. The van der Waals surface area contributed by atoms with Gasteiger partial charge in [-0.1, -0.05) is 0 Å². The minimum Gasteiger partial charge on any atom is -0.382 e. The van der Waals surface area contributed by atoms with E-state index in [4.69, 9.17) is 10.7 Å². The van der Waals surface area contributed by atoms with Gasteiger partial charge in [0, 0.05) is 42.2 Å². The van der Waals surface area contributed by atoms with Gasteiger partial charge in [0.15, 0.2) is 5.78 Å². The van der Waals surface area contributed by atoms with Gasteiger partial charge in [0.05, 0.1) is 11.6 Å². The summed E-state index contributed by atoms with van der Waals surface area (Å²) in [6.45, 7) is 0.295. The number of hydrogen-bond acceptors (Lipinski definition) is 7. The van der Waals surface area contributed by atoms with Crippen molar-refractivity contribution in [3.8, 4) is 11.3 Å². The van der Waals surface area contributed by atoms with E-state index in [1.54, 1.807) is 15.5 Å². The van der Waals surface area contributed by atoms with Gasteiger partial charge < -0.3 is 16.0 Å². The normalized spacial score (nSPS) is 21.0. The van der Waals surface area contributed by atoms with Crippen LogP contribution in [-0.2, 0) is 15.8 Å². The monoisotopic (exact) mass is 593 g/mol. The third-order valence-electron chi connectivity index (χ3n) is 8.57. The molecule has 1 saturated carbocycles. The maximum absolute atomic E-state index is 15.6. The van der Waals surface area contributed by atoms with Gasteiger partial charge in [-0.3, -0.25) is 18.8 Å². The number of carbonyl (C=O) groups is 3. The first kappa shape index (κ1) is 27.0. The fourth-order valence-corrected chi connectivity index (χ4v) is 6.24. The second-order valence-corrected chi connectivity index (χ2v) is 11.1. The van der Waals surface area contributed by atoms with Crippen molar-refractivity contribution in [2.24, 2.45) is 5.41 Å². The molecule has 3 aliphatic rings. The van der Waals surface area contributed by atoms with Crippen molar-refractivity contribution in [1.82, 2.24) is 24.3 Å². The van der Waals surface area contributed by atoms with Crippen LogP contribution in [0.1, 0.15) is 53.3 Å². The number of piperidine rings is 1. The first-order valence-corrected chi connectivity index (χ1v) is 13.6. The number of alkyl halides is 3. The molecular formula is C29H23F4N7O3. The summed E-state index contributed by atoms with van der Waals surface area (Å²) in [4.78, 5) is 53.0. The Labute approximate surface area is 240 Å². The van der Waals surface area contributed by atoms with Crippen molar-refractivity contribution in [2.75, 3.05) is 17.6 Å². The summed E-state index contributed by atoms with van der Waals surface area (Å²) in [6, 6.07) is 4.62. The van der Waals surface area contributed by atoms with Gasteiger partial charge in [0.2, 0.25) is 5.91 Å². The van der Waals surface area contributed by atoms with Crippen LogP contribution in [0, 0.1) is 11.2 Å². The molecule has 1 spiro atoms. The number of carbonyl (C=O) groups excluding carboxylic acids is 3. The number of aromatic nitrogens is 4. The molecule has 3 N–H and O–H groups in total. The molecule has 0 unspecified atom stereocenters. The maximum atomic E-state index is 15.6. The lowest BCUT2D eigenvalue weighted by Crippen LogP contribution is -2.43. The molecule has 2 atom stereocenters. The van der Waals surface area contributed by atoms with Crippen molar-refractivity contribution in [3.63, 3.8) is 0 Å². The lowest BCUT2D eigenvalue weighted by molar-refractivity contribution is -0.137. The van der Waals surface area contributed by atoms with E-state index in [2.05, 4.69) is 15.3 Å². The van der Waals surface area contributed by atoms with E-state index in [-0.39, 0.29) is 46.1 Å². The van der Waals surface area contributed by atoms with Gasteiger partial charge in [0.1, 0.15) is 39.9 Å². The second-order valence-electron chi connectivity index (χ2n) is 11.1. The Morgan fingerprint density at radius 3 is 2.58 bits per heavy atom. The van der Waals surface area contributed by atoms with Crippen LogP contribution < -0.4 is 11.1 Å². The van der Waals surface area contributed by atoms with Gasteiger partial charge in [-0.2, -0.15) is 13.2 Å². The van der Waals surface area contributed by atoms with Crippen LogP contribution in [-0.4, -0.2) is 54.4 Å². The average Bonchev–Trinajstić information content (AvgIpc) is 3.66. The van der Waals surface area contributed by atoms with Crippen LogP contribution >= 0.6 is 0 Å². The highest BCUT2D eigenvalue weighted by atomic mass is 19.4. The smallest absolute Gasteiger partial charge is 0.382 e. The summed E-state index contributed by atoms with van der Waals surface area (Å²) >= 11 is 0. The molecular weight excluding hydrogens is 570 g/mol. The van der Waals surface area contributed by atoms with Gasteiger partial charge in [-0.05, 0) is 56.0 Å². The van der Waals surface area contributed by atoms with Gasteiger partial charge in [-0.25, -0.2) is 19.3 Å². The van der Waals surface area contributed by atoms with Crippen molar-refractivity contribution in [2.45, 2.75) is 43.8 Å². The SMILES string of the molecule is Nc1nccn2c([C@@H]3CC[C@H]4C(=O)C5(CC5)C(=O)N4C3)nc(-c3ccc(C(=O)Nc4cc(C(F)(F)F)ccn4)cc3F)c12. The van der Waals surface area contributed by atoms with Gasteiger partial charge in [0.25, 0.3) is 5.91 Å². The predicted molar refractivity (Wildman–Crippen MR) is 144 cm³/mol. The van der Waals surface area contributed by atoms with E-state index in [0.717, 1.165) is 18.3 Å². The third-order valence-corrected chi connectivity index (χ3v) is 8.57. The zero-order valence-electron chi connectivity index (χ0n) is 22.4. The molecule has 220 valence electrons. The molecule has 2 amide bonds. The Balaban J connectivity index is 1.19. The minimum absolute atomic E-state index is 0.00750. The highest BCUT2D eigenvalue weighted by Crippen LogP contribution is 2.55. The molecule has 43 heavy (non-hydrogen) atoms. The molecule has 7 rings (SSSR count). The zero-order chi connectivity index (χ0) is 30.3. The molecule has 1 aromatic carbocycles. The Kier molecular flexibility index (Phi) is 5.84. The number of nitrogens with one attached hydrogen (secondary N) is 1. The highest BCUT2D eigenvalue weighted by Gasteiger charge is 2.66. The lowest BCUT2D eigenvalue weighted by atomic mass is 9.90. The minimum atomic E-state index is -4.63. The number of nitrogens with two attached hydrogens (primary N) is 1. The van der Waals surface area contributed by atoms with Crippen LogP contribution in [0.4, 0.5) is 29.2 Å². The lowest BCUT2D eigenvalue weighted by Gasteiger charge is -2.33. The fourth-order valence-electron chi connectivity index (χ4n) is 6.24. The highest BCUT2D eigenvalue weighted by molar-refractivity contribution is 6.17. The number of rotatable bonds is 4. The Morgan fingerprint density at radius 1 is 1.07 bits per heavy atom. The number of anilines is 2. The van der Waals surface area contributed by atoms with Crippen molar-refractivity contribution in [1.29, 1.82) is 0 Å². The first-order valence-electron chi connectivity index (χ1n) is 13.6. The van der Waals surface area contributed by atoms with Crippen molar-refractivity contribution >= 4 is 34.8 Å². The molecule has 5 heterocycles. The summed E-state index contributed by atoms with van der Waals surface area (Å²) in [5.74, 6) is -1.77. The fraction of sp³-hybridized carbons (Fsp3) is 0.310. The quantitative estimate of drug-likeness (QED) is 0.267. The number of pyridine rings is 1. The number of amides is 2. The standard InChI is InChI=1S/C29H23F4N7O3/c30-18-11-14(26(42)37-20-12-16(5-8-35-20)29(31,32)33)1-3-17(18)21-22-24(34)36-9-10-39(22)25(38-21)15-2-4-19-23(41)28(6-7-28)27(43)40(19)13-15/h1,3,5,8-12,15,19H,2,4,6-7,13H2,(H2,34,36)(H,35,37,42)/t15-,19+/m1/s1. The molecule has 14 heteroatoms. The third kappa shape index (κ3) is 4.22. The van der Waals surface area contributed by atoms with E-state index in [1.807, 2.05) is 0 Å². The van der Waals surface area contributed by atoms with E-state index >= 15 is 4.39 Å². The van der Waals surface area contributed by atoms with Crippen molar-refractivity contribution in [3.05, 3.63) is 71.7 Å². The van der Waals surface area contributed by atoms with Crippen LogP contribution in [0.2, 0.25) is 0 Å². The van der Waals surface area contributed by atoms with E-state index < -0.39 is 34.9 Å². The van der Waals surface area contributed by atoms with E-state index in [0.29, 0.717) is 49.6 Å². The molecule has 3 fully saturated rings. The largest absolute Gasteiger partial charge is 0.416 e. The first-order chi connectivity index (χ1) is 20.5. The molecule has 1 aliphatic carbocycles.